The summed E-state index contributed by atoms with van der Waals surface area (Å²) in [6, 6.07) is 0.641. The number of hydrogen-bond donors (Lipinski definition) is 1. The second-order valence-corrected chi connectivity index (χ2v) is 6.69. The number of ether oxygens (including phenoxy) is 2. The predicted molar refractivity (Wildman–Crippen MR) is 76.3 cm³/mol. The Balaban J connectivity index is 1.52. The molecule has 3 unspecified atom stereocenters. The van der Waals surface area contributed by atoms with Crippen molar-refractivity contribution in [1.29, 1.82) is 0 Å². The molecular weight excluding hydrogens is 238 g/mol. The quantitative estimate of drug-likeness (QED) is 0.849. The molecule has 3 rings (SSSR count). The maximum atomic E-state index is 6.46. The lowest BCUT2D eigenvalue weighted by Crippen LogP contribution is -2.44. The largest absolute Gasteiger partial charge is 0.381 e. The van der Waals surface area contributed by atoms with Crippen LogP contribution in [-0.4, -0.2) is 37.5 Å². The topological polar surface area (TPSA) is 30.5 Å². The van der Waals surface area contributed by atoms with Crippen LogP contribution in [0.5, 0.6) is 0 Å². The van der Waals surface area contributed by atoms with E-state index in [2.05, 4.69) is 12.2 Å². The van der Waals surface area contributed by atoms with Crippen molar-refractivity contribution in [2.75, 3.05) is 19.8 Å². The lowest BCUT2D eigenvalue weighted by atomic mass is 9.89. The second kappa shape index (κ2) is 6.11. The van der Waals surface area contributed by atoms with E-state index in [1.165, 1.54) is 44.9 Å². The molecule has 2 saturated heterocycles. The summed E-state index contributed by atoms with van der Waals surface area (Å²) < 4.78 is 12.1. The predicted octanol–water partition coefficient (Wildman–Crippen LogP) is 2.88. The normalized spacial score (nSPS) is 38.1. The minimum absolute atomic E-state index is 0.286. The van der Waals surface area contributed by atoms with Gasteiger partial charge in [-0.15, -0.1) is 0 Å². The molecule has 3 heteroatoms. The highest BCUT2D eigenvalue weighted by atomic mass is 16.5. The fourth-order valence-corrected chi connectivity index (χ4v) is 4.35. The Bertz CT molecular complexity index is 286. The van der Waals surface area contributed by atoms with E-state index in [4.69, 9.17) is 9.47 Å². The molecule has 19 heavy (non-hydrogen) atoms. The van der Waals surface area contributed by atoms with E-state index in [0.717, 1.165) is 26.2 Å². The first-order chi connectivity index (χ1) is 9.31. The van der Waals surface area contributed by atoms with E-state index in [1.54, 1.807) is 0 Å². The van der Waals surface area contributed by atoms with Gasteiger partial charge in [0.15, 0.2) is 0 Å². The monoisotopic (exact) mass is 267 g/mol. The number of rotatable bonds is 4. The Labute approximate surface area is 117 Å². The van der Waals surface area contributed by atoms with Crippen molar-refractivity contribution >= 4 is 0 Å². The molecule has 1 aliphatic carbocycles. The zero-order chi connectivity index (χ0) is 13.1. The van der Waals surface area contributed by atoms with Crippen LogP contribution in [0.1, 0.15) is 58.3 Å². The molecule has 3 nitrogen and oxygen atoms in total. The van der Waals surface area contributed by atoms with Gasteiger partial charge in [-0.05, 0) is 45.1 Å². The van der Waals surface area contributed by atoms with E-state index in [0.29, 0.717) is 18.1 Å². The van der Waals surface area contributed by atoms with Crippen LogP contribution in [0, 0.1) is 5.92 Å². The van der Waals surface area contributed by atoms with Gasteiger partial charge in [-0.3, -0.25) is 0 Å². The SMILES string of the molecule is CCNC1CCOCC1CC1CCC2(CCCC2)O1. The van der Waals surface area contributed by atoms with E-state index in [-0.39, 0.29) is 5.60 Å². The number of nitrogens with one attached hydrogen (secondary N) is 1. The Kier molecular flexibility index (Phi) is 4.45. The van der Waals surface area contributed by atoms with Gasteiger partial charge >= 0.3 is 0 Å². The van der Waals surface area contributed by atoms with Gasteiger partial charge in [-0.25, -0.2) is 0 Å². The maximum absolute atomic E-state index is 6.46. The van der Waals surface area contributed by atoms with Crippen molar-refractivity contribution in [1.82, 2.24) is 5.32 Å². The molecule has 110 valence electrons. The molecule has 0 aromatic heterocycles. The van der Waals surface area contributed by atoms with Crippen molar-refractivity contribution in [3.63, 3.8) is 0 Å². The molecule has 2 heterocycles. The minimum atomic E-state index is 0.286. The molecule has 3 atom stereocenters. The van der Waals surface area contributed by atoms with Gasteiger partial charge < -0.3 is 14.8 Å². The number of hydrogen-bond acceptors (Lipinski definition) is 3. The maximum Gasteiger partial charge on any atom is 0.0687 e. The summed E-state index contributed by atoms with van der Waals surface area (Å²) in [5, 5.41) is 3.63. The highest BCUT2D eigenvalue weighted by Crippen LogP contribution is 2.44. The molecule has 0 aromatic carbocycles. The minimum Gasteiger partial charge on any atom is -0.381 e. The average molecular weight is 267 g/mol. The highest BCUT2D eigenvalue weighted by Gasteiger charge is 2.43. The van der Waals surface area contributed by atoms with Gasteiger partial charge in [0.25, 0.3) is 0 Å². The van der Waals surface area contributed by atoms with E-state index in [9.17, 15) is 0 Å². The van der Waals surface area contributed by atoms with E-state index >= 15 is 0 Å². The van der Waals surface area contributed by atoms with Gasteiger partial charge in [0, 0.05) is 18.6 Å². The molecule has 0 bridgehead atoms. The molecule has 1 saturated carbocycles. The van der Waals surface area contributed by atoms with Crippen molar-refractivity contribution in [3.8, 4) is 0 Å². The first-order valence-corrected chi connectivity index (χ1v) is 8.30. The van der Waals surface area contributed by atoms with Crippen molar-refractivity contribution < 1.29 is 9.47 Å². The van der Waals surface area contributed by atoms with Crippen LogP contribution in [-0.2, 0) is 9.47 Å². The Morgan fingerprint density at radius 3 is 2.79 bits per heavy atom. The summed E-state index contributed by atoms with van der Waals surface area (Å²) in [7, 11) is 0. The lowest BCUT2D eigenvalue weighted by molar-refractivity contribution is -0.0588. The first kappa shape index (κ1) is 13.8. The van der Waals surface area contributed by atoms with Crippen LogP contribution in [0.4, 0.5) is 0 Å². The van der Waals surface area contributed by atoms with Gasteiger partial charge in [-0.1, -0.05) is 19.8 Å². The summed E-state index contributed by atoms with van der Waals surface area (Å²) in [6.07, 6.45) is 10.8. The zero-order valence-corrected chi connectivity index (χ0v) is 12.3. The van der Waals surface area contributed by atoms with Crippen LogP contribution >= 0.6 is 0 Å². The molecule has 3 aliphatic rings. The van der Waals surface area contributed by atoms with Gasteiger partial charge in [0.2, 0.25) is 0 Å². The standard InChI is InChI=1S/C16H29NO2/c1-2-17-15-6-10-18-12-13(15)11-14-5-9-16(19-14)7-3-4-8-16/h13-15,17H,2-12H2,1H3. The smallest absolute Gasteiger partial charge is 0.0687 e. The molecule has 1 spiro atoms. The van der Waals surface area contributed by atoms with Crippen LogP contribution < -0.4 is 5.32 Å². The van der Waals surface area contributed by atoms with E-state index < -0.39 is 0 Å². The Morgan fingerprint density at radius 1 is 1.16 bits per heavy atom. The average Bonchev–Trinajstić information content (AvgIpc) is 3.03. The summed E-state index contributed by atoms with van der Waals surface area (Å²) in [5.41, 5.74) is 0.286. The Morgan fingerprint density at radius 2 is 2.00 bits per heavy atom. The van der Waals surface area contributed by atoms with Gasteiger partial charge in [0.1, 0.15) is 0 Å². The molecule has 2 aliphatic heterocycles. The van der Waals surface area contributed by atoms with E-state index in [1.807, 2.05) is 0 Å². The first-order valence-electron chi connectivity index (χ1n) is 8.30. The fourth-order valence-electron chi connectivity index (χ4n) is 4.35. The van der Waals surface area contributed by atoms with Crippen molar-refractivity contribution in [2.45, 2.75) is 76.0 Å². The fraction of sp³-hybridized carbons (Fsp3) is 1.00. The van der Waals surface area contributed by atoms with Crippen molar-refractivity contribution in [2.24, 2.45) is 5.92 Å². The summed E-state index contributed by atoms with van der Waals surface area (Å²) in [5.74, 6) is 0.648. The van der Waals surface area contributed by atoms with Crippen LogP contribution in [0.25, 0.3) is 0 Å². The van der Waals surface area contributed by atoms with Crippen LogP contribution in [0.3, 0.4) is 0 Å². The third kappa shape index (κ3) is 3.14. The zero-order valence-electron chi connectivity index (χ0n) is 12.3. The highest BCUT2D eigenvalue weighted by molar-refractivity contribution is 4.94. The third-order valence-corrected chi connectivity index (χ3v) is 5.36. The summed E-state index contributed by atoms with van der Waals surface area (Å²) in [6.45, 7) is 5.11. The van der Waals surface area contributed by atoms with Gasteiger partial charge in [0.05, 0.1) is 18.3 Å². The molecule has 1 N–H and O–H groups in total. The molecule has 0 aromatic rings. The summed E-state index contributed by atoms with van der Waals surface area (Å²) >= 11 is 0. The second-order valence-electron chi connectivity index (χ2n) is 6.69. The van der Waals surface area contributed by atoms with Crippen LogP contribution in [0.2, 0.25) is 0 Å². The molecule has 3 fully saturated rings. The Hall–Kier alpha value is -0.120. The lowest BCUT2D eigenvalue weighted by Gasteiger charge is -2.34. The third-order valence-electron chi connectivity index (χ3n) is 5.36. The van der Waals surface area contributed by atoms with Crippen LogP contribution in [0.15, 0.2) is 0 Å². The van der Waals surface area contributed by atoms with Gasteiger partial charge in [-0.2, -0.15) is 0 Å². The summed E-state index contributed by atoms with van der Waals surface area (Å²) in [4.78, 5) is 0. The molecule has 0 amide bonds. The molecule has 0 radical (unpaired) electrons. The van der Waals surface area contributed by atoms with Crippen molar-refractivity contribution in [3.05, 3.63) is 0 Å². The molecular formula is C16H29NO2.